The van der Waals surface area contributed by atoms with Gasteiger partial charge < -0.3 is 9.64 Å². The fourth-order valence-corrected chi connectivity index (χ4v) is 4.53. The van der Waals surface area contributed by atoms with Crippen LogP contribution in [-0.2, 0) is 21.6 Å². The molecule has 2 aromatic carbocycles. The number of likely N-dealkylation sites (N-methyl/N-ethyl adjacent to an activating group) is 1. The Balaban J connectivity index is 1.59. The van der Waals surface area contributed by atoms with Crippen molar-refractivity contribution in [2.24, 2.45) is 0 Å². The Morgan fingerprint density at radius 2 is 2.04 bits per heavy atom. The van der Waals surface area contributed by atoms with Gasteiger partial charge in [-0.05, 0) is 29.7 Å². The zero-order chi connectivity index (χ0) is 19.0. The fraction of sp³-hybridized carbons (Fsp3) is 0.381. The Morgan fingerprint density at radius 3 is 2.78 bits per heavy atom. The van der Waals surface area contributed by atoms with E-state index in [0.717, 1.165) is 24.1 Å². The van der Waals surface area contributed by atoms with E-state index in [4.69, 9.17) is 16.3 Å². The summed E-state index contributed by atoms with van der Waals surface area (Å²) in [7, 11) is 1.88. The molecule has 27 heavy (non-hydrogen) atoms. The first-order valence-corrected chi connectivity index (χ1v) is 9.48. The summed E-state index contributed by atoms with van der Waals surface area (Å²) in [5.41, 5.74) is 1.62. The van der Waals surface area contributed by atoms with Crippen molar-refractivity contribution in [3.8, 4) is 0 Å². The number of carbonyl (C=O) groups excluding carboxylic acids is 1. The Bertz CT molecular complexity index is 847. The largest absolute Gasteiger partial charge is 0.364 e. The topological polar surface area (TPSA) is 32.8 Å². The molecule has 4 nitrogen and oxygen atoms in total. The van der Waals surface area contributed by atoms with E-state index in [2.05, 4.69) is 17.0 Å². The molecule has 0 radical (unpaired) electrons. The molecule has 0 bridgehead atoms. The van der Waals surface area contributed by atoms with Crippen LogP contribution in [0.25, 0.3) is 0 Å². The average Bonchev–Trinajstić information content (AvgIpc) is 2.69. The average molecular weight is 389 g/mol. The number of hydrogen-bond donors (Lipinski definition) is 0. The van der Waals surface area contributed by atoms with Crippen molar-refractivity contribution in [3.63, 3.8) is 0 Å². The number of fused-ring (bicyclic) bond motifs is 1. The molecule has 2 saturated heterocycles. The lowest BCUT2D eigenvalue weighted by molar-refractivity contribution is -0.183. The van der Waals surface area contributed by atoms with Crippen LogP contribution < -0.4 is 0 Å². The van der Waals surface area contributed by atoms with Gasteiger partial charge >= 0.3 is 0 Å². The fourth-order valence-electron chi connectivity index (χ4n) is 4.32. The van der Waals surface area contributed by atoms with E-state index in [1.54, 1.807) is 12.1 Å². The molecule has 2 fully saturated rings. The number of likely N-dealkylation sites (tertiary alicyclic amines) is 1. The molecule has 2 heterocycles. The minimum absolute atomic E-state index is 0.00821. The molecule has 2 atom stereocenters. The molecule has 0 aromatic heterocycles. The van der Waals surface area contributed by atoms with Crippen LogP contribution in [0.3, 0.4) is 0 Å². The lowest BCUT2D eigenvalue weighted by Gasteiger charge is -2.55. The molecule has 142 valence electrons. The number of hydrogen-bond acceptors (Lipinski definition) is 3. The molecule has 6 heteroatoms. The molecule has 4 rings (SSSR count). The highest BCUT2D eigenvalue weighted by molar-refractivity contribution is 6.30. The third-order valence-corrected chi connectivity index (χ3v) is 6.10. The van der Waals surface area contributed by atoms with Gasteiger partial charge in [0.25, 0.3) is 0 Å². The summed E-state index contributed by atoms with van der Waals surface area (Å²) in [6.07, 6.45) is 0.658. The second-order valence-electron chi connectivity index (χ2n) is 7.28. The number of nitrogens with zero attached hydrogens (tertiary/aromatic N) is 2. The van der Waals surface area contributed by atoms with Gasteiger partial charge in [0, 0.05) is 26.7 Å². The van der Waals surface area contributed by atoms with Crippen LogP contribution >= 0.6 is 11.6 Å². The molecule has 0 saturated carbocycles. The monoisotopic (exact) mass is 388 g/mol. The molecule has 2 aromatic rings. The van der Waals surface area contributed by atoms with Gasteiger partial charge in [-0.15, -0.1) is 0 Å². The molecule has 1 amide bonds. The maximum Gasteiger partial charge on any atom is 0.249 e. The zero-order valence-electron chi connectivity index (χ0n) is 15.2. The standard InChI is InChI=1S/C21H22ClFN2O2/c1-24-20(26)14-27-19-13-25(12-15-7-8-18(23)17(22)11-15)10-9-21(19,24)16-5-3-2-4-6-16/h2-8,11,19H,9-10,12-14H2,1H3/t19-,21+/m1/s1. The van der Waals surface area contributed by atoms with Gasteiger partial charge in [0.2, 0.25) is 5.91 Å². The van der Waals surface area contributed by atoms with Gasteiger partial charge in [-0.25, -0.2) is 4.39 Å². The number of halogens is 2. The molecular weight excluding hydrogens is 367 g/mol. The first-order chi connectivity index (χ1) is 13.0. The number of carbonyl (C=O) groups is 1. The van der Waals surface area contributed by atoms with Crippen LogP contribution in [0.4, 0.5) is 4.39 Å². The van der Waals surface area contributed by atoms with E-state index < -0.39 is 11.4 Å². The number of morpholine rings is 1. The number of piperidine rings is 1. The zero-order valence-corrected chi connectivity index (χ0v) is 16.0. The van der Waals surface area contributed by atoms with Crippen LogP contribution in [0.1, 0.15) is 17.5 Å². The summed E-state index contributed by atoms with van der Waals surface area (Å²) in [4.78, 5) is 16.5. The Morgan fingerprint density at radius 1 is 1.26 bits per heavy atom. The van der Waals surface area contributed by atoms with Crippen molar-refractivity contribution in [1.82, 2.24) is 9.80 Å². The lowest BCUT2D eigenvalue weighted by Crippen LogP contribution is -2.66. The molecule has 2 aliphatic heterocycles. The van der Waals surface area contributed by atoms with E-state index in [1.807, 2.05) is 30.1 Å². The summed E-state index contributed by atoms with van der Waals surface area (Å²) in [6.45, 7) is 2.28. The van der Waals surface area contributed by atoms with Gasteiger partial charge in [-0.2, -0.15) is 0 Å². The van der Waals surface area contributed by atoms with E-state index >= 15 is 0 Å². The second-order valence-corrected chi connectivity index (χ2v) is 7.68. The molecular formula is C21H22ClFN2O2. The van der Waals surface area contributed by atoms with Crippen LogP contribution in [-0.4, -0.2) is 48.6 Å². The normalized spacial score (nSPS) is 26.1. The smallest absolute Gasteiger partial charge is 0.249 e. The SMILES string of the molecule is CN1C(=O)CO[C@@H]2CN(Cc3ccc(F)c(Cl)c3)CC[C@]21c1ccccc1. The lowest BCUT2D eigenvalue weighted by atomic mass is 9.76. The number of rotatable bonds is 3. The van der Waals surface area contributed by atoms with Gasteiger partial charge in [0.15, 0.2) is 0 Å². The van der Waals surface area contributed by atoms with Crippen molar-refractivity contribution in [1.29, 1.82) is 0 Å². The van der Waals surface area contributed by atoms with Gasteiger partial charge in [0.05, 0.1) is 16.7 Å². The number of benzene rings is 2. The van der Waals surface area contributed by atoms with Crippen molar-refractivity contribution in [2.75, 3.05) is 26.7 Å². The van der Waals surface area contributed by atoms with Gasteiger partial charge in [-0.1, -0.05) is 48.0 Å². The molecule has 0 spiro atoms. The second kappa shape index (κ2) is 7.23. The third kappa shape index (κ3) is 3.24. The highest BCUT2D eigenvalue weighted by Gasteiger charge is 2.52. The van der Waals surface area contributed by atoms with E-state index in [-0.39, 0.29) is 23.6 Å². The third-order valence-electron chi connectivity index (χ3n) is 5.81. The van der Waals surface area contributed by atoms with Crippen molar-refractivity contribution in [3.05, 3.63) is 70.5 Å². The Kier molecular flexibility index (Phi) is 4.93. The van der Waals surface area contributed by atoms with Crippen molar-refractivity contribution >= 4 is 17.5 Å². The minimum atomic E-state index is -0.451. The highest BCUT2D eigenvalue weighted by atomic mass is 35.5. The Labute approximate surface area is 163 Å². The van der Waals surface area contributed by atoms with Crippen LogP contribution in [0.15, 0.2) is 48.5 Å². The van der Waals surface area contributed by atoms with E-state index in [0.29, 0.717) is 13.1 Å². The first kappa shape index (κ1) is 18.4. The number of ether oxygens (including phenoxy) is 1. The van der Waals surface area contributed by atoms with E-state index in [1.165, 1.54) is 6.07 Å². The van der Waals surface area contributed by atoms with Crippen molar-refractivity contribution in [2.45, 2.75) is 24.6 Å². The first-order valence-electron chi connectivity index (χ1n) is 9.11. The molecule has 0 N–H and O–H groups in total. The predicted molar refractivity (Wildman–Crippen MR) is 102 cm³/mol. The number of amides is 1. The van der Waals surface area contributed by atoms with E-state index in [9.17, 15) is 9.18 Å². The summed E-state index contributed by atoms with van der Waals surface area (Å²) in [5.74, 6) is -0.397. The molecule has 2 aliphatic rings. The summed E-state index contributed by atoms with van der Waals surface area (Å²) in [5, 5.41) is 0.141. The van der Waals surface area contributed by atoms with Crippen LogP contribution in [0.5, 0.6) is 0 Å². The minimum Gasteiger partial charge on any atom is -0.364 e. The Hall–Kier alpha value is -1.95. The quantitative estimate of drug-likeness (QED) is 0.807. The predicted octanol–water partition coefficient (Wildman–Crippen LogP) is 3.44. The van der Waals surface area contributed by atoms with Gasteiger partial charge in [0.1, 0.15) is 12.4 Å². The summed E-state index contributed by atoms with van der Waals surface area (Å²) >= 11 is 5.92. The molecule has 0 unspecified atom stereocenters. The van der Waals surface area contributed by atoms with Crippen molar-refractivity contribution < 1.29 is 13.9 Å². The molecule has 0 aliphatic carbocycles. The summed E-state index contributed by atoms with van der Waals surface area (Å²) in [6, 6.07) is 15.0. The van der Waals surface area contributed by atoms with Crippen LogP contribution in [0, 0.1) is 5.82 Å². The maximum atomic E-state index is 13.4. The maximum absolute atomic E-state index is 13.4. The van der Waals surface area contributed by atoms with Crippen LogP contribution in [0.2, 0.25) is 5.02 Å². The highest BCUT2D eigenvalue weighted by Crippen LogP contribution is 2.42. The van der Waals surface area contributed by atoms with Gasteiger partial charge in [-0.3, -0.25) is 9.69 Å². The summed E-state index contributed by atoms with van der Waals surface area (Å²) < 4.78 is 19.4.